The Balaban J connectivity index is 1.32. The minimum atomic E-state index is -0.280. The molecule has 6 nitrogen and oxygen atoms in total. The Morgan fingerprint density at radius 3 is 2.44 bits per heavy atom. The van der Waals surface area contributed by atoms with Crippen molar-refractivity contribution in [1.82, 2.24) is 10.3 Å². The van der Waals surface area contributed by atoms with Crippen LogP contribution in [0.4, 0.5) is 5.69 Å². The molecule has 0 spiro atoms. The van der Waals surface area contributed by atoms with E-state index in [0.717, 1.165) is 34.5 Å². The summed E-state index contributed by atoms with van der Waals surface area (Å²) in [5.74, 6) is 1.13. The fraction of sp³-hybridized carbons (Fsp3) is 0.222. The van der Waals surface area contributed by atoms with E-state index >= 15 is 0 Å². The highest BCUT2D eigenvalue weighted by Gasteiger charge is 2.10. The third-order valence-corrected chi connectivity index (χ3v) is 5.64. The quantitative estimate of drug-likeness (QED) is 0.323. The summed E-state index contributed by atoms with van der Waals surface area (Å²) in [6, 6.07) is 18.8. The van der Waals surface area contributed by atoms with Gasteiger partial charge in [-0.1, -0.05) is 19.1 Å². The maximum Gasteiger partial charge on any atom is 0.257 e. The summed E-state index contributed by atoms with van der Waals surface area (Å²) in [6.07, 6.45) is 1.52. The largest absolute Gasteiger partial charge is 0.494 e. The zero-order valence-electron chi connectivity index (χ0n) is 19.5. The molecule has 0 unspecified atom stereocenters. The monoisotopic (exact) mass is 473 g/mol. The number of hydrogen-bond donors (Lipinski definition) is 2. The number of carbonyl (C=O) groups excluding carboxylic acids is 1. The van der Waals surface area contributed by atoms with Crippen LogP contribution < -0.4 is 15.4 Å². The van der Waals surface area contributed by atoms with Gasteiger partial charge in [-0.3, -0.25) is 10.1 Å². The van der Waals surface area contributed by atoms with E-state index in [0.29, 0.717) is 24.5 Å². The van der Waals surface area contributed by atoms with Crippen molar-refractivity contribution < 1.29 is 13.9 Å². The number of oxazole rings is 1. The fourth-order valence-electron chi connectivity index (χ4n) is 3.44. The Bertz CT molecular complexity index is 1270. The summed E-state index contributed by atoms with van der Waals surface area (Å²) in [4.78, 5) is 17.1. The standard InChI is InChI=1S/C27H27N3O3S/c1-4-13-32-22-11-7-20(8-12-22)26(31)30-27(34)28-21-9-5-19(6-10-21)16-25-29-23-14-17(2)18(3)15-24(23)33-25/h5-12,14-15H,4,13,16H2,1-3H3,(H2,28,30,31,34). The van der Waals surface area contributed by atoms with Crippen LogP contribution >= 0.6 is 12.2 Å². The smallest absolute Gasteiger partial charge is 0.257 e. The van der Waals surface area contributed by atoms with Gasteiger partial charge < -0.3 is 14.5 Å². The highest BCUT2D eigenvalue weighted by Crippen LogP contribution is 2.22. The number of aryl methyl sites for hydroxylation is 2. The molecule has 0 fully saturated rings. The summed E-state index contributed by atoms with van der Waals surface area (Å²) < 4.78 is 11.5. The Morgan fingerprint density at radius 1 is 1.03 bits per heavy atom. The van der Waals surface area contributed by atoms with Crippen molar-refractivity contribution in [2.75, 3.05) is 11.9 Å². The number of hydrogen-bond acceptors (Lipinski definition) is 5. The van der Waals surface area contributed by atoms with E-state index < -0.39 is 0 Å². The lowest BCUT2D eigenvalue weighted by Gasteiger charge is -2.10. The van der Waals surface area contributed by atoms with Crippen LogP contribution in [0.2, 0.25) is 0 Å². The van der Waals surface area contributed by atoms with Gasteiger partial charge in [-0.25, -0.2) is 4.98 Å². The maximum absolute atomic E-state index is 12.4. The molecule has 7 heteroatoms. The van der Waals surface area contributed by atoms with Gasteiger partial charge in [0.15, 0.2) is 16.6 Å². The molecule has 2 N–H and O–H groups in total. The van der Waals surface area contributed by atoms with Crippen molar-refractivity contribution in [2.24, 2.45) is 0 Å². The predicted molar refractivity (Wildman–Crippen MR) is 139 cm³/mol. The van der Waals surface area contributed by atoms with Crippen LogP contribution in [-0.2, 0) is 6.42 Å². The number of ether oxygens (including phenoxy) is 1. The molecule has 4 aromatic rings. The number of carbonyl (C=O) groups is 1. The third kappa shape index (κ3) is 5.80. The van der Waals surface area contributed by atoms with Gasteiger partial charge in [0, 0.05) is 17.7 Å². The molecule has 0 saturated heterocycles. The van der Waals surface area contributed by atoms with Crippen LogP contribution in [-0.4, -0.2) is 22.6 Å². The van der Waals surface area contributed by atoms with Crippen LogP contribution in [0, 0.1) is 13.8 Å². The van der Waals surface area contributed by atoms with Gasteiger partial charge in [0.25, 0.3) is 5.91 Å². The van der Waals surface area contributed by atoms with Crippen molar-refractivity contribution in [3.63, 3.8) is 0 Å². The molecule has 0 saturated carbocycles. The van der Waals surface area contributed by atoms with Crippen LogP contribution in [0.1, 0.15) is 46.3 Å². The minimum absolute atomic E-state index is 0.230. The van der Waals surface area contributed by atoms with Crippen molar-refractivity contribution >= 4 is 40.0 Å². The van der Waals surface area contributed by atoms with Crippen molar-refractivity contribution in [3.8, 4) is 5.75 Å². The number of anilines is 1. The summed E-state index contributed by atoms with van der Waals surface area (Å²) in [7, 11) is 0. The zero-order valence-corrected chi connectivity index (χ0v) is 20.3. The summed E-state index contributed by atoms with van der Waals surface area (Å²) >= 11 is 5.30. The van der Waals surface area contributed by atoms with E-state index in [4.69, 9.17) is 21.4 Å². The maximum atomic E-state index is 12.4. The van der Waals surface area contributed by atoms with Gasteiger partial charge >= 0.3 is 0 Å². The Labute approximate surface area is 204 Å². The number of fused-ring (bicyclic) bond motifs is 1. The molecule has 34 heavy (non-hydrogen) atoms. The van der Waals surface area contributed by atoms with E-state index in [1.54, 1.807) is 24.3 Å². The second-order valence-corrected chi connectivity index (χ2v) is 8.57. The number of nitrogens with zero attached hydrogens (tertiary/aromatic N) is 1. The van der Waals surface area contributed by atoms with Gasteiger partial charge in [0.1, 0.15) is 11.3 Å². The Morgan fingerprint density at radius 2 is 1.74 bits per heavy atom. The first-order valence-corrected chi connectivity index (χ1v) is 11.6. The molecule has 0 aliphatic carbocycles. The predicted octanol–water partition coefficient (Wildman–Crippen LogP) is 5.95. The second-order valence-electron chi connectivity index (χ2n) is 8.17. The van der Waals surface area contributed by atoms with Crippen LogP contribution in [0.25, 0.3) is 11.1 Å². The number of nitrogens with one attached hydrogen (secondary N) is 2. The topological polar surface area (TPSA) is 76.4 Å². The molecular weight excluding hydrogens is 446 g/mol. The molecule has 3 aromatic carbocycles. The van der Waals surface area contributed by atoms with Gasteiger partial charge in [0.2, 0.25) is 0 Å². The molecule has 174 valence electrons. The number of rotatable bonds is 7. The number of aromatic nitrogens is 1. The lowest BCUT2D eigenvalue weighted by Crippen LogP contribution is -2.34. The molecule has 0 aliphatic rings. The van der Waals surface area contributed by atoms with E-state index in [9.17, 15) is 4.79 Å². The fourth-order valence-corrected chi connectivity index (χ4v) is 3.65. The normalized spacial score (nSPS) is 10.8. The average Bonchev–Trinajstić information content (AvgIpc) is 3.20. The van der Waals surface area contributed by atoms with E-state index in [2.05, 4.69) is 35.5 Å². The Hall–Kier alpha value is -3.71. The highest BCUT2D eigenvalue weighted by molar-refractivity contribution is 7.80. The Kier molecular flexibility index (Phi) is 7.23. The molecule has 0 aliphatic heterocycles. The van der Waals surface area contributed by atoms with Crippen LogP contribution in [0.3, 0.4) is 0 Å². The van der Waals surface area contributed by atoms with E-state index in [1.807, 2.05) is 37.3 Å². The lowest BCUT2D eigenvalue weighted by atomic mass is 10.1. The highest BCUT2D eigenvalue weighted by atomic mass is 32.1. The first-order chi connectivity index (χ1) is 16.4. The second kappa shape index (κ2) is 10.5. The number of amides is 1. The molecule has 1 amide bonds. The molecular formula is C27H27N3O3S. The number of thiocarbonyl (C=S) groups is 1. The summed E-state index contributed by atoms with van der Waals surface area (Å²) in [5, 5.41) is 5.97. The van der Waals surface area contributed by atoms with Gasteiger partial charge in [-0.05, 0) is 97.7 Å². The number of benzene rings is 3. The van der Waals surface area contributed by atoms with Crippen molar-refractivity contribution in [1.29, 1.82) is 0 Å². The minimum Gasteiger partial charge on any atom is -0.494 e. The molecule has 0 atom stereocenters. The van der Waals surface area contributed by atoms with Crippen molar-refractivity contribution in [2.45, 2.75) is 33.6 Å². The molecule has 0 bridgehead atoms. The van der Waals surface area contributed by atoms with E-state index in [-0.39, 0.29) is 11.0 Å². The van der Waals surface area contributed by atoms with Crippen LogP contribution in [0.5, 0.6) is 5.75 Å². The lowest BCUT2D eigenvalue weighted by molar-refractivity contribution is 0.0977. The van der Waals surface area contributed by atoms with Gasteiger partial charge in [0.05, 0.1) is 6.61 Å². The molecule has 1 heterocycles. The first-order valence-electron chi connectivity index (χ1n) is 11.2. The zero-order chi connectivity index (χ0) is 24.1. The average molecular weight is 474 g/mol. The van der Waals surface area contributed by atoms with Gasteiger partial charge in [-0.2, -0.15) is 0 Å². The SMILES string of the molecule is CCCOc1ccc(C(=O)NC(=S)Nc2ccc(Cc3nc4cc(C)c(C)cc4o3)cc2)cc1. The van der Waals surface area contributed by atoms with Crippen LogP contribution in [0.15, 0.2) is 65.1 Å². The van der Waals surface area contributed by atoms with Gasteiger partial charge in [-0.15, -0.1) is 0 Å². The molecule has 1 aromatic heterocycles. The molecule has 0 radical (unpaired) electrons. The summed E-state index contributed by atoms with van der Waals surface area (Å²) in [6.45, 7) is 6.82. The first kappa shape index (κ1) is 23.4. The summed E-state index contributed by atoms with van der Waals surface area (Å²) in [5.41, 5.74) is 6.41. The van der Waals surface area contributed by atoms with Crippen molar-refractivity contribution in [3.05, 3.63) is 88.8 Å². The third-order valence-electron chi connectivity index (χ3n) is 5.43. The molecule has 4 rings (SSSR count). The van der Waals surface area contributed by atoms with E-state index in [1.165, 1.54) is 11.1 Å².